The molecule has 20 rings (SSSR count). The fraction of sp³-hybridized carbons (Fsp3) is 0.147. The lowest BCUT2D eigenvalue weighted by molar-refractivity contribution is -0.137. The molecule has 0 aliphatic heterocycles. The van der Waals surface area contributed by atoms with E-state index >= 15 is 0 Å². The first kappa shape index (κ1) is 92.0. The van der Waals surface area contributed by atoms with Gasteiger partial charge in [-0.15, -0.1) is 0 Å². The van der Waals surface area contributed by atoms with Crippen LogP contribution in [0, 0.1) is 41.5 Å². The number of methoxy groups -OCH3 is 4. The van der Waals surface area contributed by atoms with Crippen molar-refractivity contribution < 1.29 is 68.5 Å². The van der Waals surface area contributed by atoms with E-state index in [1.165, 1.54) is 12.7 Å². The van der Waals surface area contributed by atoms with Crippen LogP contribution in [-0.2, 0) is 56.1 Å². The number of rotatable bonds is 19. The maximum atomic E-state index is 11.5. The Bertz CT molecular complexity index is 8160. The summed E-state index contributed by atoms with van der Waals surface area (Å²) < 4.78 is 31.1. The van der Waals surface area contributed by atoms with Crippen molar-refractivity contribution in [2.75, 3.05) is 28.4 Å². The summed E-state index contributed by atoms with van der Waals surface area (Å²) in [5.41, 5.74) is 17.2. The van der Waals surface area contributed by atoms with Gasteiger partial charge in [0.1, 0.15) is 71.1 Å². The SMILES string of the molecule is COc1ccc2c(c1)c(CC(=O)O)c(C)n2-c1cc(Cl)c2ccccc2n1.COc1ccc2c(c1)c(CC(=O)O)c(C)n2-c1ccc2cc(Cl)ccc2n1.COc1ccc2c(c1)c(CC(=O)O)c(C)n2-c1ncnc2c(Cl)cc(Cl)cc12.COc1ccc2c(c1)c(CC(=O)O)c(C)n2-c1ncnc2cc(Cl)ccc12.Cc1ccc2c(c1)c(CC(=O)O)c(C)n2-c1ncnc2ccccc12. The van der Waals surface area contributed by atoms with Crippen LogP contribution in [0.3, 0.4) is 0 Å². The lowest BCUT2D eigenvalue weighted by Crippen LogP contribution is -2.05. The molecule has 0 aliphatic rings. The molecule has 0 saturated heterocycles. The van der Waals surface area contributed by atoms with Gasteiger partial charge in [0, 0.05) is 103 Å². The summed E-state index contributed by atoms with van der Waals surface area (Å²) in [6.07, 6.45) is 4.11. The highest BCUT2D eigenvalue weighted by Gasteiger charge is 2.28. The predicted octanol–water partition coefficient (Wildman–Crippen LogP) is 22.4. The van der Waals surface area contributed by atoms with Crippen LogP contribution in [0.1, 0.15) is 61.9 Å². The number of carboxylic acid groups (broad SMARTS) is 5. The summed E-state index contributed by atoms with van der Waals surface area (Å²) >= 11 is 31.2. The summed E-state index contributed by atoms with van der Waals surface area (Å²) in [5, 5.41) is 58.1. The van der Waals surface area contributed by atoms with E-state index in [1.807, 2.05) is 246 Å². The average molecular weight is 1890 g/mol. The fourth-order valence-corrected chi connectivity index (χ4v) is 18.4. The summed E-state index contributed by atoms with van der Waals surface area (Å²) in [6.45, 7) is 11.5. The van der Waals surface area contributed by atoms with Gasteiger partial charge in [-0.3, -0.25) is 46.8 Å². The predicted molar refractivity (Wildman–Crippen MR) is 523 cm³/mol. The molecule has 0 atom stereocenters. The van der Waals surface area contributed by atoms with Gasteiger partial charge in [-0.25, -0.2) is 39.9 Å². The van der Waals surface area contributed by atoms with Crippen molar-refractivity contribution in [3.63, 3.8) is 0 Å². The van der Waals surface area contributed by atoms with Crippen LogP contribution < -0.4 is 18.9 Å². The second kappa shape index (κ2) is 38.7. The summed E-state index contributed by atoms with van der Waals surface area (Å²) in [7, 11) is 6.35. The van der Waals surface area contributed by atoms with E-state index in [9.17, 15) is 49.5 Å². The van der Waals surface area contributed by atoms with Crippen molar-refractivity contribution in [3.05, 3.63) is 312 Å². The van der Waals surface area contributed by atoms with Crippen LogP contribution in [0.4, 0.5) is 0 Å². The van der Waals surface area contributed by atoms with E-state index in [4.69, 9.17) is 86.9 Å². The lowest BCUT2D eigenvalue weighted by Gasteiger charge is -2.12. The number of hydrogen-bond acceptors (Lipinski definition) is 17. The van der Waals surface area contributed by atoms with Gasteiger partial charge in [-0.05, 0) is 233 Å². The van der Waals surface area contributed by atoms with Crippen LogP contribution in [0.25, 0.3) is 138 Å². The van der Waals surface area contributed by atoms with Gasteiger partial charge in [0.2, 0.25) is 0 Å². The number of benzene rings is 10. The normalized spacial score (nSPS) is 11.2. The molecular weight excluding hydrogens is 1810 g/mol. The minimum absolute atomic E-state index is 0.0121. The molecule has 27 nitrogen and oxygen atoms in total. The Morgan fingerprint density at radius 2 is 0.664 bits per heavy atom. The number of nitrogens with zero attached hydrogens (tertiary/aromatic N) is 13. The first-order chi connectivity index (χ1) is 64.4. The van der Waals surface area contributed by atoms with E-state index < -0.39 is 29.8 Å². The number of aryl methyl sites for hydroxylation is 1. The number of halogens is 5. The molecule has 0 bridgehead atoms. The summed E-state index contributed by atoms with van der Waals surface area (Å²) in [4.78, 5) is 93.0. The van der Waals surface area contributed by atoms with Gasteiger partial charge in [0.05, 0.1) is 126 Å². The number of aromatic nitrogens is 13. The Kier molecular flexibility index (Phi) is 26.5. The van der Waals surface area contributed by atoms with Crippen LogP contribution in [0.5, 0.6) is 23.0 Å². The van der Waals surface area contributed by atoms with Crippen LogP contribution >= 0.6 is 58.0 Å². The van der Waals surface area contributed by atoms with Crippen molar-refractivity contribution >= 4 is 197 Å². The van der Waals surface area contributed by atoms with Gasteiger partial charge in [0.25, 0.3) is 0 Å². The van der Waals surface area contributed by atoms with Crippen LogP contribution in [-0.4, -0.2) is 147 Å². The Morgan fingerprint density at radius 3 is 1.13 bits per heavy atom. The van der Waals surface area contributed by atoms with Crippen molar-refractivity contribution in [1.82, 2.24) is 62.7 Å². The number of hydrogen-bond donors (Lipinski definition) is 5. The number of aliphatic carboxylic acids is 5. The van der Waals surface area contributed by atoms with E-state index in [1.54, 1.807) is 59.0 Å². The molecule has 0 aliphatic carbocycles. The minimum Gasteiger partial charge on any atom is -0.497 e. The Labute approximate surface area is 789 Å². The first-order valence-corrected chi connectivity index (χ1v) is 43.6. The van der Waals surface area contributed by atoms with Crippen molar-refractivity contribution in [2.24, 2.45) is 0 Å². The molecule has 0 saturated carbocycles. The van der Waals surface area contributed by atoms with Crippen molar-refractivity contribution in [3.8, 4) is 52.1 Å². The second-order valence-electron chi connectivity index (χ2n) is 31.4. The molecular formula is C102H82Cl5N13O14. The molecule has 0 spiro atoms. The summed E-state index contributed by atoms with van der Waals surface area (Å²) in [5.74, 6) is 1.71. The van der Waals surface area contributed by atoms with E-state index in [2.05, 4.69) is 29.9 Å². The number of fused-ring (bicyclic) bond motifs is 10. The molecule has 5 N–H and O–H groups in total. The average Bonchev–Trinajstić information content (AvgIpc) is 1.43. The molecule has 32 heteroatoms. The van der Waals surface area contributed by atoms with Gasteiger partial charge in [-0.2, -0.15) is 0 Å². The second-order valence-corrected chi connectivity index (χ2v) is 33.6. The van der Waals surface area contributed by atoms with Gasteiger partial charge in [-0.1, -0.05) is 100.0 Å². The zero-order chi connectivity index (χ0) is 94.9. The van der Waals surface area contributed by atoms with Crippen molar-refractivity contribution in [2.45, 2.75) is 73.6 Å². The lowest BCUT2D eigenvalue weighted by atomic mass is 10.1. The van der Waals surface area contributed by atoms with Crippen LogP contribution in [0.15, 0.2) is 225 Å². The zero-order valence-corrected chi connectivity index (χ0v) is 77.3. The molecule has 674 valence electrons. The molecule has 10 aromatic carbocycles. The molecule has 20 aromatic rings. The molecule has 0 amide bonds. The first-order valence-electron chi connectivity index (χ1n) is 41.7. The molecule has 0 fully saturated rings. The molecule has 0 radical (unpaired) electrons. The quantitative estimate of drug-likeness (QED) is 0.0502. The third-order valence-corrected chi connectivity index (χ3v) is 24.7. The fourth-order valence-electron chi connectivity index (χ4n) is 17.3. The van der Waals surface area contributed by atoms with Gasteiger partial charge < -0.3 is 44.5 Å². The number of pyridine rings is 2. The molecule has 10 heterocycles. The van der Waals surface area contributed by atoms with Crippen LogP contribution in [0.2, 0.25) is 25.1 Å². The van der Waals surface area contributed by atoms with Gasteiger partial charge in [0.15, 0.2) is 0 Å². The monoisotopic (exact) mass is 1890 g/mol. The standard InChI is InChI=1S/2C21H17ClN2O3.C20H15Cl2N3O3.C20H16ClN3O3.C20H17N3O2/c1-12-16(11-21(25)26)17-10-15(27-2)5-7-19(17)24(12)20-8-3-13-9-14(22)4-6-18(13)23-20;1-12-15(10-21(25)26)16-9-13(27-2)7-8-19(16)24(12)20-11-17(22)14-5-3-4-6-18(14)23-20;1-10-13(8-18(26)27)14-7-12(28-2)3-4-17(14)25(10)20-15-5-11(21)6-16(22)19(15)23-9-24-20;1-11-15(9-19(25)26)16-8-13(27-2)4-6-18(16)24(11)20-14-5-3-12(21)7-17(14)22-10-23-20;1-12-7-8-18-16(9-12)15(10-19(24)25)13(2)23(18)20-14-5-3-4-6-17(14)21-11-22-20/h3-10H,11H2,1-2H3,(H,25,26);3-9,11H,10H2,1-2H3,(H,25,26);3-7,9H,8H2,1-2H3,(H,26,27);3-8,10H,9H2,1-2H3,(H,25,26);3-9,11H,10H2,1-2H3,(H,24,25). The third kappa shape index (κ3) is 18.2. The molecule has 10 aromatic heterocycles. The molecule has 134 heavy (non-hydrogen) atoms. The van der Waals surface area contributed by atoms with E-state index in [0.29, 0.717) is 82.0 Å². The Morgan fingerprint density at radius 1 is 0.291 bits per heavy atom. The largest absolute Gasteiger partial charge is 0.497 e. The van der Waals surface area contributed by atoms with E-state index in [0.717, 1.165) is 166 Å². The maximum Gasteiger partial charge on any atom is 0.307 e. The van der Waals surface area contributed by atoms with Gasteiger partial charge >= 0.3 is 29.8 Å². The smallest absolute Gasteiger partial charge is 0.307 e. The third-order valence-electron chi connectivity index (χ3n) is 23.4. The number of carbonyl (C=O) groups is 5. The maximum absolute atomic E-state index is 11.5. The number of carboxylic acids is 5. The minimum atomic E-state index is -0.913. The Balaban J connectivity index is 0.000000122. The topological polar surface area (TPSA) is 351 Å². The number of para-hydroxylation sites is 2. The van der Waals surface area contributed by atoms with Crippen molar-refractivity contribution in [1.29, 1.82) is 0 Å². The number of ether oxygens (including phenoxy) is 4. The summed E-state index contributed by atoms with van der Waals surface area (Å²) in [6, 6.07) is 64.1. The highest BCUT2D eigenvalue weighted by molar-refractivity contribution is 6.38. The van der Waals surface area contributed by atoms with E-state index in [-0.39, 0.29) is 32.1 Å². The highest BCUT2D eigenvalue weighted by atomic mass is 35.5. The zero-order valence-electron chi connectivity index (χ0n) is 73.5. The highest BCUT2D eigenvalue weighted by Crippen LogP contribution is 2.42. The molecule has 0 unspecified atom stereocenters. The Hall–Kier alpha value is -15.3.